The lowest BCUT2D eigenvalue weighted by atomic mass is 10.2. The van der Waals surface area contributed by atoms with Crippen molar-refractivity contribution in [3.63, 3.8) is 0 Å². The Bertz CT molecular complexity index is 1250. The third kappa shape index (κ3) is 5.58. The van der Waals surface area contributed by atoms with E-state index in [-0.39, 0.29) is 5.56 Å². The minimum Gasteiger partial charge on any atom is -0.477 e. The van der Waals surface area contributed by atoms with Crippen LogP contribution >= 0.6 is 45.8 Å². The number of unbranched alkanes of at least 4 members (excludes halogenated alkanes) is 2. The van der Waals surface area contributed by atoms with Gasteiger partial charge in [0.05, 0.1) is 10.6 Å². The molecule has 0 saturated carbocycles. The van der Waals surface area contributed by atoms with Crippen molar-refractivity contribution in [3.8, 4) is 20.3 Å². The van der Waals surface area contributed by atoms with Crippen LogP contribution < -0.4 is 5.56 Å². The summed E-state index contributed by atoms with van der Waals surface area (Å²) in [5, 5.41) is 11.7. The summed E-state index contributed by atoms with van der Waals surface area (Å²) in [5.74, 6) is 0.0168. The molecular formula is C23H22N2O3S4. The molecule has 0 unspecified atom stereocenters. The molecule has 0 aliphatic rings. The standard InChI is InChI=1S/C23H22N2O3S4/c1-14-20(18-11-10-17(32-18)16-7-5-13-29-16)24-23(25-21(14)26)30-12-4-2-3-6-15-8-9-19(31-15)22(27)28/h5,7-11,13H,2-4,6,12H2,1H3,(H,27,28)(H,24,25,26). The van der Waals surface area contributed by atoms with E-state index in [0.29, 0.717) is 15.6 Å². The Morgan fingerprint density at radius 1 is 1.06 bits per heavy atom. The molecule has 0 fully saturated rings. The van der Waals surface area contributed by atoms with Crippen molar-refractivity contribution in [3.05, 3.63) is 67.4 Å². The highest BCUT2D eigenvalue weighted by Crippen LogP contribution is 2.36. The van der Waals surface area contributed by atoms with Crippen LogP contribution in [0.5, 0.6) is 0 Å². The number of rotatable bonds is 10. The maximum absolute atomic E-state index is 12.5. The number of thiophene rings is 3. The predicted molar refractivity (Wildman–Crippen MR) is 136 cm³/mol. The Labute approximate surface area is 202 Å². The number of aryl methyl sites for hydroxylation is 1. The second kappa shape index (κ2) is 10.6. The van der Waals surface area contributed by atoms with Gasteiger partial charge in [-0.05, 0) is 61.9 Å². The summed E-state index contributed by atoms with van der Waals surface area (Å²) in [5.41, 5.74) is 1.32. The van der Waals surface area contributed by atoms with Crippen LogP contribution in [-0.4, -0.2) is 26.8 Å². The lowest BCUT2D eigenvalue weighted by Crippen LogP contribution is -2.13. The molecule has 0 amide bonds. The third-order valence-corrected chi connectivity index (χ3v) is 9.16. The van der Waals surface area contributed by atoms with Gasteiger partial charge >= 0.3 is 5.97 Å². The number of nitrogens with zero attached hydrogens (tertiary/aromatic N) is 1. The highest BCUT2D eigenvalue weighted by atomic mass is 32.2. The number of carbonyl (C=O) groups is 1. The zero-order chi connectivity index (χ0) is 22.5. The largest absolute Gasteiger partial charge is 0.477 e. The topological polar surface area (TPSA) is 83.0 Å². The van der Waals surface area contributed by atoms with Crippen LogP contribution in [0.3, 0.4) is 0 Å². The van der Waals surface area contributed by atoms with E-state index in [1.165, 1.54) is 21.1 Å². The monoisotopic (exact) mass is 502 g/mol. The maximum atomic E-state index is 12.5. The minimum absolute atomic E-state index is 0.0875. The van der Waals surface area contributed by atoms with E-state index in [2.05, 4.69) is 22.5 Å². The number of hydrogen-bond donors (Lipinski definition) is 2. The minimum atomic E-state index is -0.859. The average molecular weight is 503 g/mol. The smallest absolute Gasteiger partial charge is 0.345 e. The summed E-state index contributed by atoms with van der Waals surface area (Å²) >= 11 is 6.30. The van der Waals surface area contributed by atoms with Gasteiger partial charge in [0.15, 0.2) is 5.16 Å². The number of H-pyrrole nitrogens is 1. The molecule has 4 aromatic rings. The summed E-state index contributed by atoms with van der Waals surface area (Å²) in [6.45, 7) is 1.82. The first kappa shape index (κ1) is 23.0. The van der Waals surface area contributed by atoms with Crippen molar-refractivity contribution in [2.45, 2.75) is 37.8 Å². The zero-order valence-electron chi connectivity index (χ0n) is 17.4. The van der Waals surface area contributed by atoms with Crippen LogP contribution in [-0.2, 0) is 6.42 Å². The van der Waals surface area contributed by atoms with Crippen molar-refractivity contribution in [1.82, 2.24) is 9.97 Å². The van der Waals surface area contributed by atoms with E-state index in [9.17, 15) is 9.59 Å². The van der Waals surface area contributed by atoms with Crippen molar-refractivity contribution >= 4 is 51.7 Å². The number of carboxylic acid groups (broad SMARTS) is 1. The molecule has 4 aromatic heterocycles. The van der Waals surface area contributed by atoms with Gasteiger partial charge in [0.25, 0.3) is 5.56 Å². The van der Waals surface area contributed by atoms with Gasteiger partial charge in [-0.25, -0.2) is 9.78 Å². The van der Waals surface area contributed by atoms with Gasteiger partial charge in [0, 0.05) is 25.9 Å². The molecule has 0 radical (unpaired) electrons. The van der Waals surface area contributed by atoms with Crippen molar-refractivity contribution in [1.29, 1.82) is 0 Å². The first-order valence-electron chi connectivity index (χ1n) is 10.2. The Morgan fingerprint density at radius 3 is 2.66 bits per heavy atom. The molecule has 0 aliphatic carbocycles. The number of aromatic amines is 1. The van der Waals surface area contributed by atoms with Crippen molar-refractivity contribution in [2.24, 2.45) is 0 Å². The highest BCUT2D eigenvalue weighted by Gasteiger charge is 2.13. The summed E-state index contributed by atoms with van der Waals surface area (Å²) < 4.78 is 0. The molecule has 5 nitrogen and oxygen atoms in total. The number of nitrogens with one attached hydrogen (secondary N) is 1. The van der Waals surface area contributed by atoms with Crippen LogP contribution in [0.1, 0.15) is 39.4 Å². The fourth-order valence-corrected chi connectivity index (χ4v) is 6.85. The molecule has 0 bridgehead atoms. The second-order valence-electron chi connectivity index (χ2n) is 7.22. The van der Waals surface area contributed by atoms with Crippen LogP contribution in [0.2, 0.25) is 0 Å². The fourth-order valence-electron chi connectivity index (χ4n) is 3.21. The fraction of sp³-hybridized carbons (Fsp3) is 0.261. The van der Waals surface area contributed by atoms with E-state index in [0.717, 1.165) is 46.9 Å². The molecule has 9 heteroatoms. The highest BCUT2D eigenvalue weighted by molar-refractivity contribution is 7.99. The number of aromatic nitrogens is 2. The van der Waals surface area contributed by atoms with Gasteiger partial charge in [-0.1, -0.05) is 24.2 Å². The average Bonchev–Trinajstić information content (AvgIpc) is 3.54. The van der Waals surface area contributed by atoms with Gasteiger partial charge in [-0.3, -0.25) is 4.79 Å². The van der Waals surface area contributed by atoms with Gasteiger partial charge in [0.2, 0.25) is 0 Å². The van der Waals surface area contributed by atoms with E-state index in [4.69, 9.17) is 10.1 Å². The van der Waals surface area contributed by atoms with Crippen LogP contribution in [0.4, 0.5) is 0 Å². The van der Waals surface area contributed by atoms with E-state index >= 15 is 0 Å². The Hall–Kier alpha value is -2.20. The lowest BCUT2D eigenvalue weighted by molar-refractivity contribution is 0.0702. The molecule has 166 valence electrons. The van der Waals surface area contributed by atoms with Gasteiger partial charge in [0.1, 0.15) is 4.88 Å². The van der Waals surface area contributed by atoms with Crippen LogP contribution in [0.15, 0.2) is 51.7 Å². The molecule has 0 aromatic carbocycles. The van der Waals surface area contributed by atoms with E-state index < -0.39 is 5.97 Å². The molecule has 32 heavy (non-hydrogen) atoms. The van der Waals surface area contributed by atoms with Gasteiger partial charge < -0.3 is 10.1 Å². The van der Waals surface area contributed by atoms with Crippen LogP contribution in [0.25, 0.3) is 20.3 Å². The molecule has 4 heterocycles. The lowest BCUT2D eigenvalue weighted by Gasteiger charge is -2.06. The molecule has 0 atom stereocenters. The maximum Gasteiger partial charge on any atom is 0.345 e. The summed E-state index contributed by atoms with van der Waals surface area (Å²) in [6.07, 6.45) is 3.98. The Morgan fingerprint density at radius 2 is 1.91 bits per heavy atom. The SMILES string of the molecule is Cc1c(-c2ccc(-c3cccs3)s2)nc(SCCCCCc2ccc(C(=O)O)s2)[nH]c1=O. The van der Waals surface area contributed by atoms with Gasteiger partial charge in [-0.2, -0.15) is 0 Å². The predicted octanol–water partition coefficient (Wildman–Crippen LogP) is 6.80. The quantitative estimate of drug-likeness (QED) is 0.142. The third-order valence-electron chi connectivity index (χ3n) is 4.91. The number of aromatic carboxylic acids is 1. The Balaban J connectivity index is 1.32. The van der Waals surface area contributed by atoms with E-state index in [1.807, 2.05) is 25.1 Å². The molecular weight excluding hydrogens is 481 g/mol. The first-order chi connectivity index (χ1) is 15.5. The van der Waals surface area contributed by atoms with Gasteiger partial charge in [-0.15, -0.1) is 34.0 Å². The molecule has 0 aliphatic heterocycles. The zero-order valence-corrected chi connectivity index (χ0v) is 20.7. The normalized spacial score (nSPS) is 11.2. The molecule has 2 N–H and O–H groups in total. The number of thioether (sulfide) groups is 1. The van der Waals surface area contributed by atoms with Crippen LogP contribution in [0, 0.1) is 6.92 Å². The van der Waals surface area contributed by atoms with Crippen molar-refractivity contribution in [2.75, 3.05) is 5.75 Å². The molecule has 0 spiro atoms. The second-order valence-corrected chi connectivity index (χ2v) is 11.5. The first-order valence-corrected chi connectivity index (χ1v) is 13.7. The summed E-state index contributed by atoms with van der Waals surface area (Å²) in [6, 6.07) is 11.9. The number of hydrogen-bond acceptors (Lipinski definition) is 7. The molecule has 4 rings (SSSR count). The van der Waals surface area contributed by atoms with E-state index in [1.54, 1.807) is 40.5 Å². The summed E-state index contributed by atoms with van der Waals surface area (Å²) in [4.78, 5) is 36.0. The van der Waals surface area contributed by atoms with Crippen molar-refractivity contribution < 1.29 is 9.90 Å². The number of carboxylic acids is 1. The summed E-state index contributed by atoms with van der Waals surface area (Å²) in [7, 11) is 0. The molecule has 0 saturated heterocycles. The Kier molecular flexibility index (Phi) is 7.62.